The van der Waals surface area contributed by atoms with Crippen LogP contribution in [0, 0.1) is 0 Å². The molecule has 4 nitrogen and oxygen atoms in total. The van der Waals surface area contributed by atoms with Gasteiger partial charge in [0.2, 0.25) is 0 Å². The van der Waals surface area contributed by atoms with Crippen LogP contribution in [-0.2, 0) is 13.5 Å². The van der Waals surface area contributed by atoms with E-state index in [-0.39, 0.29) is 0 Å². The first-order valence-corrected chi connectivity index (χ1v) is 11.2. The number of fused-ring (bicyclic) bond motifs is 1. The van der Waals surface area contributed by atoms with E-state index in [1.54, 1.807) is 6.08 Å². The predicted molar refractivity (Wildman–Crippen MR) is 141 cm³/mol. The van der Waals surface area contributed by atoms with Crippen LogP contribution in [0.3, 0.4) is 0 Å². The molecule has 0 radical (unpaired) electrons. The maximum Gasteiger partial charge on any atom is 0.0480 e. The molecule has 1 N–H and O–H groups in total. The molecule has 4 aromatic rings. The van der Waals surface area contributed by atoms with Crippen LogP contribution in [0.5, 0.6) is 0 Å². The Balaban J connectivity index is 1.59. The van der Waals surface area contributed by atoms with Crippen molar-refractivity contribution in [3.63, 3.8) is 0 Å². The molecule has 0 aliphatic heterocycles. The van der Waals surface area contributed by atoms with E-state index >= 15 is 0 Å². The fourth-order valence-electron chi connectivity index (χ4n) is 4.13. The van der Waals surface area contributed by atoms with E-state index in [9.17, 15) is 0 Å². The van der Waals surface area contributed by atoms with E-state index in [2.05, 4.69) is 100 Å². The molecule has 4 heteroatoms. The van der Waals surface area contributed by atoms with Gasteiger partial charge in [0, 0.05) is 65.8 Å². The summed E-state index contributed by atoms with van der Waals surface area (Å²) in [6.07, 6.45) is 14.7. The maximum atomic E-state index is 4.20. The first kappa shape index (κ1) is 22.2. The zero-order valence-electron chi connectivity index (χ0n) is 19.3. The quantitative estimate of drug-likeness (QED) is 0.288. The number of para-hydroxylation sites is 1. The molecular formula is C29H30N4. The van der Waals surface area contributed by atoms with Crippen molar-refractivity contribution in [3.05, 3.63) is 121 Å². The summed E-state index contributed by atoms with van der Waals surface area (Å²) in [6.45, 7) is 6.67. The summed E-state index contributed by atoms with van der Waals surface area (Å²) in [5.74, 6) is 0. The van der Waals surface area contributed by atoms with Crippen LogP contribution in [-0.4, -0.2) is 16.1 Å². The van der Waals surface area contributed by atoms with E-state index in [1.807, 2.05) is 37.5 Å². The smallest absolute Gasteiger partial charge is 0.0480 e. The van der Waals surface area contributed by atoms with Gasteiger partial charge in [-0.15, -0.1) is 0 Å². The molecule has 0 spiro atoms. The van der Waals surface area contributed by atoms with Gasteiger partial charge in [0.1, 0.15) is 0 Å². The number of aryl methyl sites for hydroxylation is 1. The number of anilines is 3. The third kappa shape index (κ3) is 5.24. The molecule has 0 saturated heterocycles. The fourth-order valence-corrected chi connectivity index (χ4v) is 4.13. The van der Waals surface area contributed by atoms with Gasteiger partial charge in [-0.25, -0.2) is 0 Å². The second-order valence-corrected chi connectivity index (χ2v) is 7.92. The molecule has 0 aliphatic rings. The Kier molecular flexibility index (Phi) is 7.06. The average Bonchev–Trinajstić information content (AvgIpc) is 3.17. The number of hydrogen-bond acceptors (Lipinski definition) is 3. The average molecular weight is 435 g/mol. The van der Waals surface area contributed by atoms with Crippen LogP contribution < -0.4 is 10.2 Å². The van der Waals surface area contributed by atoms with Gasteiger partial charge >= 0.3 is 0 Å². The summed E-state index contributed by atoms with van der Waals surface area (Å²) in [5, 5.41) is 4.76. The maximum absolute atomic E-state index is 4.20. The largest absolute Gasteiger partial charge is 0.356 e. The standard InChI is InChI=1S/C29H30N4/c1-4-8-24(9-5-2)31-25-12-14-26(15-13-25)33(27-16-19-30-20-17-27)21-18-23-22-32(3)29-11-7-6-10-28(23)29/h4-17,19-20,22,31H,1,18,21H2,2-3H3/b9-5-,24-8+. The van der Waals surface area contributed by atoms with Crippen molar-refractivity contribution in [3.8, 4) is 0 Å². The number of allylic oxidation sites excluding steroid dienone is 4. The molecule has 0 fully saturated rings. The molecular weight excluding hydrogens is 404 g/mol. The first-order chi connectivity index (χ1) is 16.2. The molecule has 0 atom stereocenters. The molecule has 0 bridgehead atoms. The van der Waals surface area contributed by atoms with E-state index in [1.165, 1.54) is 16.5 Å². The Morgan fingerprint density at radius 1 is 1.03 bits per heavy atom. The lowest BCUT2D eigenvalue weighted by Crippen LogP contribution is -2.20. The van der Waals surface area contributed by atoms with Crippen molar-refractivity contribution in [1.29, 1.82) is 0 Å². The summed E-state index contributed by atoms with van der Waals surface area (Å²) in [4.78, 5) is 6.55. The van der Waals surface area contributed by atoms with Crippen molar-refractivity contribution >= 4 is 28.0 Å². The predicted octanol–water partition coefficient (Wildman–Crippen LogP) is 7.01. The lowest BCUT2D eigenvalue weighted by molar-refractivity contribution is 0.899. The van der Waals surface area contributed by atoms with Gasteiger partial charge in [-0.2, -0.15) is 0 Å². The van der Waals surface area contributed by atoms with Crippen LogP contribution in [0.25, 0.3) is 10.9 Å². The second-order valence-electron chi connectivity index (χ2n) is 7.92. The monoisotopic (exact) mass is 434 g/mol. The lowest BCUT2D eigenvalue weighted by Gasteiger charge is -2.25. The number of nitrogens with one attached hydrogen (secondary N) is 1. The highest BCUT2D eigenvalue weighted by molar-refractivity contribution is 5.84. The van der Waals surface area contributed by atoms with Gasteiger partial charge in [-0.1, -0.05) is 36.9 Å². The van der Waals surface area contributed by atoms with Crippen molar-refractivity contribution in [2.75, 3.05) is 16.8 Å². The van der Waals surface area contributed by atoms with Crippen molar-refractivity contribution in [2.45, 2.75) is 13.3 Å². The summed E-state index contributed by atoms with van der Waals surface area (Å²) >= 11 is 0. The third-order valence-electron chi connectivity index (χ3n) is 5.67. The molecule has 0 amide bonds. The van der Waals surface area contributed by atoms with Crippen LogP contribution in [0.1, 0.15) is 12.5 Å². The van der Waals surface area contributed by atoms with E-state index in [4.69, 9.17) is 0 Å². The Morgan fingerprint density at radius 3 is 2.48 bits per heavy atom. The molecule has 33 heavy (non-hydrogen) atoms. The van der Waals surface area contributed by atoms with Gasteiger partial charge in [0.05, 0.1) is 0 Å². The summed E-state index contributed by atoms with van der Waals surface area (Å²) in [5.41, 5.74) is 6.94. The molecule has 2 aromatic heterocycles. The number of aromatic nitrogens is 2. The number of rotatable bonds is 9. The second kappa shape index (κ2) is 10.5. The van der Waals surface area contributed by atoms with Crippen molar-refractivity contribution in [1.82, 2.24) is 9.55 Å². The van der Waals surface area contributed by atoms with Crippen LogP contribution in [0.4, 0.5) is 17.1 Å². The highest BCUT2D eigenvalue weighted by atomic mass is 15.1. The summed E-state index contributed by atoms with van der Waals surface area (Å²) in [7, 11) is 2.11. The molecule has 2 aromatic carbocycles. The Hall–Kier alpha value is -4.05. The van der Waals surface area contributed by atoms with Crippen LogP contribution in [0.2, 0.25) is 0 Å². The van der Waals surface area contributed by atoms with Crippen molar-refractivity contribution < 1.29 is 0 Å². The Bertz CT molecular complexity index is 1260. The number of nitrogens with zero attached hydrogens (tertiary/aromatic N) is 3. The fraction of sp³-hybridized carbons (Fsp3) is 0.138. The number of hydrogen-bond donors (Lipinski definition) is 1. The zero-order chi connectivity index (χ0) is 23.0. The third-order valence-corrected chi connectivity index (χ3v) is 5.67. The SMILES string of the molecule is C=C/C=C(\C=C/C)Nc1ccc(N(CCc2cn(C)c3ccccc23)c2ccncc2)cc1. The van der Waals surface area contributed by atoms with Crippen LogP contribution in [0.15, 0.2) is 116 Å². The molecule has 0 saturated carbocycles. The van der Waals surface area contributed by atoms with Gasteiger partial charge in [-0.05, 0) is 73.5 Å². The minimum atomic E-state index is 0.866. The number of pyridine rings is 1. The Labute approximate surface area is 196 Å². The van der Waals surface area contributed by atoms with E-state index < -0.39 is 0 Å². The number of benzene rings is 2. The molecule has 4 rings (SSSR count). The Morgan fingerprint density at radius 2 is 1.76 bits per heavy atom. The summed E-state index contributed by atoms with van der Waals surface area (Å²) < 4.78 is 2.21. The molecule has 166 valence electrons. The van der Waals surface area contributed by atoms with Gasteiger partial charge in [-0.3, -0.25) is 4.98 Å². The normalized spacial score (nSPS) is 11.8. The summed E-state index contributed by atoms with van der Waals surface area (Å²) in [6, 6.07) is 21.3. The highest BCUT2D eigenvalue weighted by Crippen LogP contribution is 2.28. The van der Waals surface area contributed by atoms with Gasteiger partial charge in [0.15, 0.2) is 0 Å². The van der Waals surface area contributed by atoms with Crippen LogP contribution >= 0.6 is 0 Å². The lowest BCUT2D eigenvalue weighted by atomic mass is 10.1. The van der Waals surface area contributed by atoms with E-state index in [0.717, 1.165) is 35.7 Å². The highest BCUT2D eigenvalue weighted by Gasteiger charge is 2.12. The minimum Gasteiger partial charge on any atom is -0.356 e. The van der Waals surface area contributed by atoms with Gasteiger partial charge in [0.25, 0.3) is 0 Å². The first-order valence-electron chi connectivity index (χ1n) is 11.2. The molecule has 0 unspecified atom stereocenters. The molecule has 2 heterocycles. The topological polar surface area (TPSA) is 33.1 Å². The minimum absolute atomic E-state index is 0.866. The molecule has 0 aliphatic carbocycles. The van der Waals surface area contributed by atoms with Gasteiger partial charge < -0.3 is 14.8 Å². The van der Waals surface area contributed by atoms with Crippen molar-refractivity contribution in [2.24, 2.45) is 7.05 Å². The zero-order valence-corrected chi connectivity index (χ0v) is 19.3. The van der Waals surface area contributed by atoms with E-state index in [0.29, 0.717) is 0 Å².